The van der Waals surface area contributed by atoms with Crippen molar-refractivity contribution in [3.8, 4) is 0 Å². The van der Waals surface area contributed by atoms with Gasteiger partial charge in [0.25, 0.3) is 5.91 Å². The summed E-state index contributed by atoms with van der Waals surface area (Å²) in [6.45, 7) is 4.05. The zero-order valence-corrected chi connectivity index (χ0v) is 12.9. The molecule has 0 spiro atoms. The van der Waals surface area contributed by atoms with Crippen molar-refractivity contribution >= 4 is 18.1 Å². The van der Waals surface area contributed by atoms with Crippen LogP contribution in [0.2, 0.25) is 0 Å². The molecule has 0 bridgehead atoms. The van der Waals surface area contributed by atoms with Crippen LogP contribution < -0.4 is 5.48 Å². The molecule has 1 amide bonds. The number of carbonyl (C=O) groups excluding carboxylic acids is 1. The van der Waals surface area contributed by atoms with E-state index in [1.54, 1.807) is 12.2 Å². The quantitative estimate of drug-likeness (QED) is 0.365. The van der Waals surface area contributed by atoms with Gasteiger partial charge in [0.2, 0.25) is 0 Å². The summed E-state index contributed by atoms with van der Waals surface area (Å²) in [5, 5.41) is 9.00. The van der Waals surface area contributed by atoms with E-state index in [4.69, 9.17) is 14.7 Å². The Balaban J connectivity index is 1.79. The Morgan fingerprint density at radius 1 is 1.22 bits per heavy atom. The highest BCUT2D eigenvalue weighted by molar-refractivity contribution is 5.90. The van der Waals surface area contributed by atoms with Crippen LogP contribution in [0.15, 0.2) is 48.8 Å². The van der Waals surface area contributed by atoms with Crippen LogP contribution in [0, 0.1) is 0 Å². The summed E-state index contributed by atoms with van der Waals surface area (Å²) in [7, 11) is 0. The zero-order valence-electron chi connectivity index (χ0n) is 12.9. The fraction of sp³-hybridized carbons (Fsp3) is 0.278. The van der Waals surface area contributed by atoms with Crippen molar-refractivity contribution in [3.63, 3.8) is 0 Å². The fourth-order valence-electron chi connectivity index (χ4n) is 2.04. The molecule has 0 saturated carbocycles. The lowest BCUT2D eigenvalue weighted by Gasteiger charge is -2.21. The number of benzene rings is 1. The molecule has 1 aliphatic rings. The van der Waals surface area contributed by atoms with Crippen LogP contribution in [0.3, 0.4) is 0 Å². The summed E-state index contributed by atoms with van der Waals surface area (Å²) in [5.74, 6) is -0.327. The average molecular weight is 315 g/mol. The molecule has 1 fully saturated rings. The number of hydroxylamine groups is 1. The van der Waals surface area contributed by atoms with E-state index >= 15 is 0 Å². The summed E-state index contributed by atoms with van der Waals surface area (Å²) < 4.78 is 5.35. The minimum atomic E-state index is -0.353. The number of aliphatic hydroxyl groups is 1. The van der Waals surface area contributed by atoms with Gasteiger partial charge in [-0.25, -0.2) is 10.3 Å². The standard InChI is InChI=1S/C18H21NO4/c1-14(20)5-6-15-7-9-16(10-8-15)11-12-17(21)19-23-18-4-2-3-13-22-18/h5-12,18,20H,1-4,13H2,(H,19,21)/b6-5+,12-11+. The molecule has 122 valence electrons. The number of rotatable bonds is 6. The van der Waals surface area contributed by atoms with Crippen molar-refractivity contribution in [1.82, 2.24) is 5.48 Å². The van der Waals surface area contributed by atoms with Crippen LogP contribution in [0.25, 0.3) is 12.2 Å². The first-order chi connectivity index (χ1) is 11.1. The Hall–Kier alpha value is -2.37. The van der Waals surface area contributed by atoms with Crippen molar-refractivity contribution in [1.29, 1.82) is 0 Å². The maximum atomic E-state index is 11.7. The predicted octanol–water partition coefficient (Wildman–Crippen LogP) is 3.36. The first-order valence-electron chi connectivity index (χ1n) is 7.55. The highest BCUT2D eigenvalue weighted by atomic mass is 16.8. The van der Waals surface area contributed by atoms with Gasteiger partial charge in [0.1, 0.15) is 5.76 Å². The third-order valence-corrected chi connectivity index (χ3v) is 3.26. The maximum Gasteiger partial charge on any atom is 0.267 e. The van der Waals surface area contributed by atoms with Crippen LogP contribution in [0.5, 0.6) is 0 Å². The van der Waals surface area contributed by atoms with Crippen LogP contribution in [-0.2, 0) is 14.4 Å². The SMILES string of the molecule is C=C(O)/C=C/c1ccc(/C=C/C(=O)NOC2CCCCO2)cc1. The number of allylic oxidation sites excluding steroid dienone is 1. The topological polar surface area (TPSA) is 67.8 Å². The van der Waals surface area contributed by atoms with Crippen molar-refractivity contribution in [2.24, 2.45) is 0 Å². The first-order valence-corrected chi connectivity index (χ1v) is 7.55. The molecule has 0 radical (unpaired) electrons. The van der Waals surface area contributed by atoms with Crippen LogP contribution in [0.4, 0.5) is 0 Å². The fourth-order valence-corrected chi connectivity index (χ4v) is 2.04. The minimum Gasteiger partial charge on any atom is -0.509 e. The molecule has 0 aliphatic carbocycles. The highest BCUT2D eigenvalue weighted by Crippen LogP contribution is 2.12. The van der Waals surface area contributed by atoms with Gasteiger partial charge in [0, 0.05) is 19.1 Å². The summed E-state index contributed by atoms with van der Waals surface area (Å²) in [5.41, 5.74) is 4.18. The first kappa shape index (κ1) is 17.0. The van der Waals surface area contributed by atoms with E-state index in [9.17, 15) is 4.79 Å². The monoisotopic (exact) mass is 315 g/mol. The van der Waals surface area contributed by atoms with E-state index < -0.39 is 0 Å². The van der Waals surface area contributed by atoms with Crippen LogP contribution in [0.1, 0.15) is 30.4 Å². The predicted molar refractivity (Wildman–Crippen MR) is 89.1 cm³/mol. The van der Waals surface area contributed by atoms with Crippen LogP contribution in [-0.4, -0.2) is 23.9 Å². The van der Waals surface area contributed by atoms with E-state index in [0.717, 1.165) is 30.4 Å². The Kier molecular flexibility index (Phi) is 6.59. The number of ether oxygens (including phenoxy) is 1. The minimum absolute atomic E-state index is 0.00703. The lowest BCUT2D eigenvalue weighted by Crippen LogP contribution is -2.32. The lowest BCUT2D eigenvalue weighted by atomic mass is 10.1. The Labute approximate surface area is 135 Å². The highest BCUT2D eigenvalue weighted by Gasteiger charge is 2.14. The van der Waals surface area contributed by atoms with Gasteiger partial charge in [0.15, 0.2) is 6.29 Å². The molecule has 1 aromatic carbocycles. The Bertz CT molecular complexity index is 584. The third kappa shape index (κ3) is 6.50. The van der Waals surface area contributed by atoms with Gasteiger partial charge in [-0.1, -0.05) is 36.9 Å². The Morgan fingerprint density at radius 3 is 2.43 bits per heavy atom. The largest absolute Gasteiger partial charge is 0.509 e. The number of hydrogen-bond donors (Lipinski definition) is 2. The van der Waals surface area contributed by atoms with Gasteiger partial charge < -0.3 is 9.84 Å². The average Bonchev–Trinajstić information content (AvgIpc) is 2.58. The van der Waals surface area contributed by atoms with Gasteiger partial charge in [-0.3, -0.25) is 4.79 Å². The van der Waals surface area contributed by atoms with Gasteiger partial charge in [-0.15, -0.1) is 0 Å². The maximum absolute atomic E-state index is 11.7. The molecule has 1 atom stereocenters. The molecule has 1 saturated heterocycles. The number of aliphatic hydroxyl groups excluding tert-OH is 1. The molecule has 2 rings (SSSR count). The number of carbonyl (C=O) groups is 1. The number of nitrogens with one attached hydrogen (secondary N) is 1. The van der Waals surface area contributed by atoms with E-state index in [0.29, 0.717) is 6.61 Å². The molecule has 0 aromatic heterocycles. The molecule has 5 nitrogen and oxygen atoms in total. The van der Waals surface area contributed by atoms with E-state index in [1.165, 1.54) is 12.2 Å². The molecule has 1 heterocycles. The number of amides is 1. The van der Waals surface area contributed by atoms with Crippen molar-refractivity contribution < 1.29 is 19.5 Å². The van der Waals surface area contributed by atoms with Gasteiger partial charge in [-0.2, -0.15) is 0 Å². The number of hydrogen-bond acceptors (Lipinski definition) is 4. The smallest absolute Gasteiger partial charge is 0.267 e. The summed E-state index contributed by atoms with van der Waals surface area (Å²) in [6, 6.07) is 7.50. The molecular formula is C18H21NO4. The molecule has 1 aromatic rings. The molecule has 1 unspecified atom stereocenters. The van der Waals surface area contributed by atoms with E-state index in [1.807, 2.05) is 24.3 Å². The second kappa shape index (κ2) is 8.92. The lowest BCUT2D eigenvalue weighted by molar-refractivity contribution is -0.198. The summed E-state index contributed by atoms with van der Waals surface area (Å²) >= 11 is 0. The van der Waals surface area contributed by atoms with Crippen molar-refractivity contribution in [2.75, 3.05) is 6.61 Å². The van der Waals surface area contributed by atoms with Gasteiger partial charge in [-0.05, 0) is 36.1 Å². The molecular weight excluding hydrogens is 294 g/mol. The zero-order chi connectivity index (χ0) is 16.5. The third-order valence-electron chi connectivity index (χ3n) is 3.26. The van der Waals surface area contributed by atoms with E-state index in [-0.39, 0.29) is 18.0 Å². The molecule has 5 heteroatoms. The van der Waals surface area contributed by atoms with Crippen molar-refractivity contribution in [2.45, 2.75) is 25.6 Å². The molecule has 2 N–H and O–H groups in total. The summed E-state index contributed by atoms with van der Waals surface area (Å²) in [6.07, 6.45) is 8.88. The Morgan fingerprint density at radius 2 is 1.87 bits per heavy atom. The van der Waals surface area contributed by atoms with Crippen molar-refractivity contribution in [3.05, 3.63) is 59.9 Å². The second-order valence-electron chi connectivity index (χ2n) is 5.20. The van der Waals surface area contributed by atoms with E-state index in [2.05, 4.69) is 12.1 Å². The van der Waals surface area contributed by atoms with Crippen LogP contribution >= 0.6 is 0 Å². The molecule has 23 heavy (non-hydrogen) atoms. The molecule has 1 aliphatic heterocycles. The normalized spacial score (nSPS) is 18.3. The van der Waals surface area contributed by atoms with Gasteiger partial charge >= 0.3 is 0 Å². The summed E-state index contributed by atoms with van der Waals surface area (Å²) in [4.78, 5) is 16.9. The van der Waals surface area contributed by atoms with Gasteiger partial charge in [0.05, 0.1) is 0 Å². The second-order valence-corrected chi connectivity index (χ2v) is 5.20.